The van der Waals surface area contributed by atoms with Gasteiger partial charge in [0.05, 0.1) is 20.9 Å². The molecule has 0 bridgehead atoms. The number of hydrogen-bond donors (Lipinski definition) is 1. The fraction of sp³-hybridized carbons (Fsp3) is 0.0476. The number of halogens is 4. The van der Waals surface area contributed by atoms with Crippen molar-refractivity contribution >= 4 is 88.2 Å². The van der Waals surface area contributed by atoms with Crippen LogP contribution in [0.4, 0.5) is 5.69 Å². The lowest BCUT2D eigenvalue weighted by Crippen LogP contribution is -2.21. The first-order valence-corrected chi connectivity index (χ1v) is 11.8. The van der Waals surface area contributed by atoms with Gasteiger partial charge in [0.1, 0.15) is 10.8 Å². The molecule has 1 heterocycles. The number of nitrogens with one attached hydrogen (secondary N) is 1. The number of carbonyl (C=O) groups excluding carboxylic acids is 1. The Morgan fingerprint density at radius 3 is 2.67 bits per heavy atom. The number of rotatable bonds is 5. The largest absolute Gasteiger partial charge is 0.482 e. The third-order valence-electron chi connectivity index (χ3n) is 4.10. The zero-order valence-electron chi connectivity index (χ0n) is 15.1. The van der Waals surface area contributed by atoms with Crippen LogP contribution in [0.2, 0.25) is 10.0 Å². The van der Waals surface area contributed by atoms with Crippen LogP contribution in [-0.2, 0) is 4.79 Å². The van der Waals surface area contributed by atoms with Crippen molar-refractivity contribution in [1.29, 1.82) is 0 Å². The van der Waals surface area contributed by atoms with Crippen LogP contribution in [-0.4, -0.2) is 17.5 Å². The van der Waals surface area contributed by atoms with Gasteiger partial charge in [0.15, 0.2) is 6.61 Å². The van der Waals surface area contributed by atoms with E-state index in [0.717, 1.165) is 29.7 Å². The molecule has 0 saturated heterocycles. The number of carbonyl (C=O) groups is 1. The lowest BCUT2D eigenvalue weighted by atomic mass is 10.2. The van der Waals surface area contributed by atoms with E-state index in [9.17, 15) is 4.79 Å². The van der Waals surface area contributed by atoms with Gasteiger partial charge in [-0.1, -0.05) is 51.3 Å². The zero-order chi connectivity index (χ0) is 21.3. The minimum atomic E-state index is -0.327. The molecule has 3 aromatic carbocycles. The highest BCUT2D eigenvalue weighted by atomic mass is 79.9. The molecule has 0 saturated carbocycles. The molecule has 0 atom stereocenters. The van der Waals surface area contributed by atoms with Gasteiger partial charge in [0.2, 0.25) is 0 Å². The average molecular weight is 587 g/mol. The molecule has 0 aliphatic carbocycles. The average Bonchev–Trinajstić information content (AvgIpc) is 3.13. The van der Waals surface area contributed by atoms with Gasteiger partial charge in [0.25, 0.3) is 5.91 Å². The first-order valence-electron chi connectivity index (χ1n) is 8.63. The summed E-state index contributed by atoms with van der Waals surface area (Å²) in [7, 11) is 0. The third kappa shape index (κ3) is 4.81. The van der Waals surface area contributed by atoms with E-state index in [2.05, 4.69) is 37.2 Å². The maximum absolute atomic E-state index is 12.6. The highest BCUT2D eigenvalue weighted by Gasteiger charge is 2.17. The van der Waals surface area contributed by atoms with E-state index in [1.165, 1.54) is 0 Å². The molecule has 152 valence electrons. The van der Waals surface area contributed by atoms with Gasteiger partial charge in [-0.25, -0.2) is 4.98 Å². The number of amides is 1. The molecule has 4 aromatic rings. The highest BCUT2D eigenvalue weighted by Crippen LogP contribution is 2.40. The Labute approximate surface area is 203 Å². The molecule has 0 unspecified atom stereocenters. The molecular weight excluding hydrogens is 575 g/mol. The highest BCUT2D eigenvalue weighted by molar-refractivity contribution is 9.11. The Hall–Kier alpha value is -1.64. The van der Waals surface area contributed by atoms with E-state index in [0.29, 0.717) is 21.5 Å². The van der Waals surface area contributed by atoms with Crippen LogP contribution in [0.15, 0.2) is 63.5 Å². The normalized spacial score (nSPS) is 10.9. The number of fused-ring (bicyclic) bond motifs is 1. The third-order valence-corrected chi connectivity index (χ3v) is 6.78. The number of para-hydroxylation sites is 1. The van der Waals surface area contributed by atoms with Crippen LogP contribution < -0.4 is 10.1 Å². The summed E-state index contributed by atoms with van der Waals surface area (Å²) in [6.45, 7) is -0.205. The second kappa shape index (κ2) is 9.24. The van der Waals surface area contributed by atoms with E-state index in [1.807, 2.05) is 36.4 Å². The van der Waals surface area contributed by atoms with Crippen LogP contribution in [0.1, 0.15) is 0 Å². The van der Waals surface area contributed by atoms with Crippen molar-refractivity contribution in [2.24, 2.45) is 0 Å². The van der Waals surface area contributed by atoms with E-state index in [4.69, 9.17) is 32.9 Å². The summed E-state index contributed by atoms with van der Waals surface area (Å²) in [6.07, 6.45) is 0. The number of anilines is 1. The quantitative estimate of drug-likeness (QED) is 0.259. The summed E-state index contributed by atoms with van der Waals surface area (Å²) in [4.78, 5) is 17.3. The van der Waals surface area contributed by atoms with Gasteiger partial charge in [-0.05, 0) is 58.4 Å². The minimum absolute atomic E-state index is 0.205. The SMILES string of the molecule is O=C(COc1ccc(Cl)cc1Cl)Nc1c(Br)cc(Br)cc1-c1nc2ccccc2s1. The van der Waals surface area contributed by atoms with Crippen molar-refractivity contribution in [3.63, 3.8) is 0 Å². The molecule has 0 spiro atoms. The molecule has 1 amide bonds. The molecule has 0 aliphatic heterocycles. The molecule has 0 fully saturated rings. The van der Waals surface area contributed by atoms with Gasteiger partial charge in [-0.15, -0.1) is 11.3 Å². The lowest BCUT2D eigenvalue weighted by molar-refractivity contribution is -0.118. The fourth-order valence-electron chi connectivity index (χ4n) is 2.77. The lowest BCUT2D eigenvalue weighted by Gasteiger charge is -2.13. The summed E-state index contributed by atoms with van der Waals surface area (Å²) < 4.78 is 8.21. The Kier molecular flexibility index (Phi) is 6.65. The van der Waals surface area contributed by atoms with Crippen molar-refractivity contribution in [3.05, 3.63) is 73.6 Å². The van der Waals surface area contributed by atoms with Gasteiger partial charge >= 0.3 is 0 Å². The topological polar surface area (TPSA) is 51.2 Å². The van der Waals surface area contributed by atoms with Gasteiger partial charge in [-0.3, -0.25) is 4.79 Å². The predicted molar refractivity (Wildman–Crippen MR) is 131 cm³/mol. The summed E-state index contributed by atoms with van der Waals surface area (Å²) in [5.74, 6) is 0.0592. The van der Waals surface area contributed by atoms with Crippen LogP contribution in [0.3, 0.4) is 0 Å². The molecule has 4 nitrogen and oxygen atoms in total. The Bertz CT molecular complexity index is 1230. The minimum Gasteiger partial charge on any atom is -0.482 e. The molecule has 0 radical (unpaired) electrons. The first-order chi connectivity index (χ1) is 14.4. The van der Waals surface area contributed by atoms with Gasteiger partial charge in [-0.2, -0.15) is 0 Å². The second-order valence-corrected chi connectivity index (χ2v) is 9.85. The Morgan fingerprint density at radius 1 is 1.10 bits per heavy atom. The van der Waals surface area contributed by atoms with Crippen molar-refractivity contribution in [2.75, 3.05) is 11.9 Å². The predicted octanol–water partition coefficient (Wildman–Crippen LogP) is 7.81. The maximum Gasteiger partial charge on any atom is 0.262 e. The summed E-state index contributed by atoms with van der Waals surface area (Å²) in [5.41, 5.74) is 2.33. The summed E-state index contributed by atoms with van der Waals surface area (Å²) in [6, 6.07) is 16.5. The van der Waals surface area contributed by atoms with Crippen LogP contribution in [0, 0.1) is 0 Å². The van der Waals surface area contributed by atoms with E-state index < -0.39 is 0 Å². The molecular formula is C21H12Br2Cl2N2O2S. The first kappa shape index (κ1) is 21.6. The number of ether oxygens (including phenoxy) is 1. The Balaban J connectivity index is 1.59. The smallest absolute Gasteiger partial charge is 0.262 e. The summed E-state index contributed by atoms with van der Waals surface area (Å²) >= 11 is 20.6. The number of aromatic nitrogens is 1. The number of hydrogen-bond acceptors (Lipinski definition) is 4. The van der Waals surface area contributed by atoms with E-state index >= 15 is 0 Å². The number of benzene rings is 3. The van der Waals surface area contributed by atoms with E-state index in [1.54, 1.807) is 29.5 Å². The molecule has 0 aliphatic rings. The molecule has 4 rings (SSSR count). The fourth-order valence-corrected chi connectivity index (χ4v) is 5.54. The van der Waals surface area contributed by atoms with Crippen LogP contribution in [0.5, 0.6) is 5.75 Å². The van der Waals surface area contributed by atoms with Gasteiger partial charge < -0.3 is 10.1 Å². The monoisotopic (exact) mass is 584 g/mol. The van der Waals surface area contributed by atoms with Crippen LogP contribution in [0.25, 0.3) is 20.8 Å². The maximum atomic E-state index is 12.6. The zero-order valence-corrected chi connectivity index (χ0v) is 20.6. The summed E-state index contributed by atoms with van der Waals surface area (Å²) in [5, 5.41) is 4.56. The van der Waals surface area contributed by atoms with Gasteiger partial charge in [0, 0.05) is 19.5 Å². The standard InChI is InChI=1S/C21H12Br2Cl2N2O2S/c22-11-7-13(21-26-16-3-1-2-4-18(16)30-21)20(14(23)8-11)27-19(28)10-29-17-6-5-12(24)9-15(17)25/h1-9H,10H2,(H,27,28). The molecule has 30 heavy (non-hydrogen) atoms. The molecule has 1 aromatic heterocycles. The molecule has 9 heteroatoms. The number of thiazole rings is 1. The Morgan fingerprint density at radius 2 is 1.90 bits per heavy atom. The van der Waals surface area contributed by atoms with Crippen LogP contribution >= 0.6 is 66.4 Å². The number of nitrogens with zero attached hydrogens (tertiary/aromatic N) is 1. The van der Waals surface area contributed by atoms with Crippen molar-refractivity contribution in [2.45, 2.75) is 0 Å². The molecule has 1 N–H and O–H groups in total. The van der Waals surface area contributed by atoms with E-state index in [-0.39, 0.29) is 12.5 Å². The van der Waals surface area contributed by atoms with Crippen molar-refractivity contribution in [1.82, 2.24) is 4.98 Å². The van der Waals surface area contributed by atoms with Crippen molar-refractivity contribution < 1.29 is 9.53 Å². The second-order valence-electron chi connectivity index (χ2n) is 6.21. The van der Waals surface area contributed by atoms with Crippen molar-refractivity contribution in [3.8, 4) is 16.3 Å².